The number of aliphatic hydroxyl groups excluding tert-OH is 2. The monoisotopic (exact) mass is 824 g/mol. The molecule has 0 aromatic rings. The lowest BCUT2D eigenvalue weighted by Crippen LogP contribution is -2.46. The fourth-order valence-electron chi connectivity index (χ4n) is 7.03. The molecule has 6 nitrogen and oxygen atoms in total. The molecule has 6 heteroatoms. The maximum Gasteiger partial charge on any atom is 0.306 e. The summed E-state index contributed by atoms with van der Waals surface area (Å²) in [6.45, 7) is 6.30. The molecule has 0 bridgehead atoms. The van der Waals surface area contributed by atoms with Crippen LogP contribution in [-0.2, 0) is 14.3 Å². The molecule has 0 radical (unpaired) electrons. The normalized spacial score (nSPS) is 13.9. The quantitative estimate of drug-likeness (QED) is 0.0323. The van der Waals surface area contributed by atoms with Gasteiger partial charge in [-0.3, -0.25) is 9.59 Å². The highest BCUT2D eigenvalue weighted by Crippen LogP contribution is 2.16. The van der Waals surface area contributed by atoms with Gasteiger partial charge in [0.2, 0.25) is 5.91 Å². The van der Waals surface area contributed by atoms with E-state index in [2.05, 4.69) is 86.8 Å². The molecular weight excluding hydrogens is 731 g/mol. The van der Waals surface area contributed by atoms with Crippen molar-refractivity contribution in [3.63, 3.8) is 0 Å². The molecule has 0 saturated carbocycles. The van der Waals surface area contributed by atoms with Crippen LogP contribution in [0.25, 0.3) is 0 Å². The molecule has 0 aliphatic heterocycles. The van der Waals surface area contributed by atoms with Crippen LogP contribution in [0.5, 0.6) is 0 Å². The van der Waals surface area contributed by atoms with E-state index in [0.717, 1.165) is 77.0 Å². The van der Waals surface area contributed by atoms with Crippen molar-refractivity contribution >= 4 is 11.9 Å². The number of unbranched alkanes of at least 4 members (excludes halogenated alkanes) is 20. The van der Waals surface area contributed by atoms with E-state index in [1.165, 1.54) is 103 Å². The van der Waals surface area contributed by atoms with Gasteiger partial charge >= 0.3 is 5.97 Å². The van der Waals surface area contributed by atoms with Crippen molar-refractivity contribution < 1.29 is 24.5 Å². The van der Waals surface area contributed by atoms with Crippen molar-refractivity contribution in [1.82, 2.24) is 5.32 Å². The average Bonchev–Trinajstić information content (AvgIpc) is 3.23. The molecule has 0 fully saturated rings. The molecule has 3 N–H and O–H groups in total. The van der Waals surface area contributed by atoms with Gasteiger partial charge in [0.25, 0.3) is 0 Å². The Morgan fingerprint density at radius 1 is 0.525 bits per heavy atom. The Morgan fingerprint density at radius 3 is 1.46 bits per heavy atom. The van der Waals surface area contributed by atoms with Gasteiger partial charge in [-0.05, 0) is 70.6 Å². The lowest BCUT2D eigenvalue weighted by atomic mass is 10.0. The Morgan fingerprint density at radius 2 is 0.949 bits per heavy atom. The third-order valence-corrected chi connectivity index (χ3v) is 10.8. The van der Waals surface area contributed by atoms with Crippen LogP contribution in [0.3, 0.4) is 0 Å². The third-order valence-electron chi connectivity index (χ3n) is 10.8. The van der Waals surface area contributed by atoms with Crippen LogP contribution in [0.2, 0.25) is 0 Å². The first-order valence-electron chi connectivity index (χ1n) is 24.7. The van der Waals surface area contributed by atoms with Crippen molar-refractivity contribution in [2.75, 3.05) is 6.61 Å². The molecule has 0 aliphatic carbocycles. The first-order chi connectivity index (χ1) is 29.0. The molecule has 0 rings (SSSR count). The molecule has 3 atom stereocenters. The SMILES string of the molecule is CC/C=C\C/C=C\C/C=C\C/C=C\C/C=C\CC(CC(=O)NC(CO)C(O)CCCCCCCCCCCCCCC)OC(=O)CCCCCCC/C=C\CCCCC. The van der Waals surface area contributed by atoms with E-state index in [1.807, 2.05) is 12.2 Å². The molecule has 59 heavy (non-hydrogen) atoms. The highest BCUT2D eigenvalue weighted by atomic mass is 16.5. The van der Waals surface area contributed by atoms with Gasteiger partial charge in [0.05, 0.1) is 25.2 Å². The molecule has 0 saturated heterocycles. The number of hydrogen-bond donors (Lipinski definition) is 3. The molecule has 0 heterocycles. The Bertz CT molecular complexity index is 1110. The van der Waals surface area contributed by atoms with Gasteiger partial charge in [0.1, 0.15) is 6.10 Å². The van der Waals surface area contributed by atoms with Crippen molar-refractivity contribution in [1.29, 1.82) is 0 Å². The fourth-order valence-corrected chi connectivity index (χ4v) is 7.03. The molecular formula is C53H93NO5. The minimum Gasteiger partial charge on any atom is -0.461 e. The summed E-state index contributed by atoms with van der Waals surface area (Å²) in [6.07, 6.45) is 58.3. The molecule has 0 spiro atoms. The number of aliphatic hydroxyl groups is 2. The highest BCUT2D eigenvalue weighted by Gasteiger charge is 2.23. The summed E-state index contributed by atoms with van der Waals surface area (Å²) in [5, 5.41) is 23.7. The number of ether oxygens (including phenoxy) is 1. The summed E-state index contributed by atoms with van der Waals surface area (Å²) in [5.41, 5.74) is 0. The summed E-state index contributed by atoms with van der Waals surface area (Å²) in [6, 6.07) is -0.735. The van der Waals surface area contributed by atoms with Crippen molar-refractivity contribution in [2.45, 2.75) is 244 Å². The Balaban J connectivity index is 4.75. The smallest absolute Gasteiger partial charge is 0.306 e. The second-order valence-corrected chi connectivity index (χ2v) is 16.5. The lowest BCUT2D eigenvalue weighted by molar-refractivity contribution is -0.150. The van der Waals surface area contributed by atoms with Crippen molar-refractivity contribution in [3.05, 3.63) is 72.9 Å². The molecule has 340 valence electrons. The number of carbonyl (C=O) groups excluding carboxylic acids is 2. The Hall–Kier alpha value is -2.70. The number of hydrogen-bond acceptors (Lipinski definition) is 5. The van der Waals surface area contributed by atoms with E-state index in [1.54, 1.807) is 0 Å². The number of allylic oxidation sites excluding steroid dienone is 11. The van der Waals surface area contributed by atoms with E-state index in [-0.39, 0.29) is 24.9 Å². The second kappa shape index (κ2) is 46.4. The molecule has 0 aromatic heterocycles. The summed E-state index contributed by atoms with van der Waals surface area (Å²) in [4.78, 5) is 26.0. The summed E-state index contributed by atoms with van der Waals surface area (Å²) in [5.74, 6) is -0.593. The van der Waals surface area contributed by atoms with Crippen molar-refractivity contribution in [3.8, 4) is 0 Å². The second-order valence-electron chi connectivity index (χ2n) is 16.5. The Kier molecular flexibility index (Phi) is 44.2. The van der Waals surface area contributed by atoms with E-state index in [0.29, 0.717) is 19.3 Å². The number of carbonyl (C=O) groups is 2. The maximum absolute atomic E-state index is 13.2. The van der Waals surface area contributed by atoms with E-state index in [9.17, 15) is 19.8 Å². The number of amides is 1. The van der Waals surface area contributed by atoms with Gasteiger partial charge in [-0.15, -0.1) is 0 Å². The highest BCUT2D eigenvalue weighted by molar-refractivity contribution is 5.77. The fraction of sp³-hybridized carbons (Fsp3) is 0.736. The number of rotatable bonds is 43. The van der Waals surface area contributed by atoms with Gasteiger partial charge in [-0.2, -0.15) is 0 Å². The largest absolute Gasteiger partial charge is 0.461 e. The van der Waals surface area contributed by atoms with Crippen LogP contribution in [0.15, 0.2) is 72.9 Å². The van der Waals surface area contributed by atoms with Crippen molar-refractivity contribution in [2.24, 2.45) is 0 Å². The molecule has 1 amide bonds. The van der Waals surface area contributed by atoms with Gasteiger partial charge in [-0.1, -0.05) is 209 Å². The van der Waals surface area contributed by atoms with Crippen LogP contribution in [0.1, 0.15) is 226 Å². The van der Waals surface area contributed by atoms with Crippen LogP contribution in [0, 0.1) is 0 Å². The van der Waals surface area contributed by atoms with Gasteiger partial charge in [0, 0.05) is 12.8 Å². The summed E-state index contributed by atoms with van der Waals surface area (Å²) < 4.78 is 5.85. The Labute approximate surface area is 364 Å². The molecule has 3 unspecified atom stereocenters. The zero-order chi connectivity index (χ0) is 43.1. The van der Waals surface area contributed by atoms with Crippen LogP contribution >= 0.6 is 0 Å². The van der Waals surface area contributed by atoms with Crippen LogP contribution in [0.4, 0.5) is 0 Å². The first kappa shape index (κ1) is 56.3. The van der Waals surface area contributed by atoms with E-state index >= 15 is 0 Å². The van der Waals surface area contributed by atoms with E-state index < -0.39 is 18.2 Å². The minimum atomic E-state index is -0.814. The molecule has 0 aliphatic rings. The summed E-state index contributed by atoms with van der Waals surface area (Å²) in [7, 11) is 0. The predicted octanol–water partition coefficient (Wildman–Crippen LogP) is 14.6. The van der Waals surface area contributed by atoms with Gasteiger partial charge in [0.15, 0.2) is 0 Å². The van der Waals surface area contributed by atoms with Crippen LogP contribution in [-0.4, -0.2) is 46.9 Å². The number of esters is 1. The first-order valence-corrected chi connectivity index (χ1v) is 24.7. The van der Waals surface area contributed by atoms with E-state index in [4.69, 9.17) is 4.74 Å². The average molecular weight is 824 g/mol. The summed E-state index contributed by atoms with van der Waals surface area (Å²) >= 11 is 0. The maximum atomic E-state index is 13.2. The zero-order valence-corrected chi connectivity index (χ0v) is 38.6. The molecule has 0 aromatic carbocycles. The van der Waals surface area contributed by atoms with Gasteiger partial charge in [-0.25, -0.2) is 0 Å². The van der Waals surface area contributed by atoms with Gasteiger partial charge < -0.3 is 20.3 Å². The minimum absolute atomic E-state index is 0.00598. The lowest BCUT2D eigenvalue weighted by Gasteiger charge is -2.24. The standard InChI is InChI=1S/C53H93NO5/c1-4-7-10-13-16-19-22-25-26-28-29-32-35-38-41-44-49(59-53(58)46-43-40-37-34-31-24-21-18-15-12-9-6-3)47-52(57)54-50(48-55)51(56)45-42-39-36-33-30-27-23-20-17-14-11-8-5-2/h7,10,16,18-19,21,25-26,29,32,38,41,49-51,55-56H,4-6,8-9,11-15,17,20,22-24,27-28,30-31,33-37,39-40,42-48H2,1-3H3,(H,54,57)/b10-7-,19-16-,21-18-,26-25-,32-29-,41-38-. The number of nitrogens with one attached hydrogen (secondary N) is 1. The topological polar surface area (TPSA) is 95.9 Å². The zero-order valence-electron chi connectivity index (χ0n) is 38.6. The van der Waals surface area contributed by atoms with Crippen LogP contribution < -0.4 is 5.32 Å². The predicted molar refractivity (Wildman–Crippen MR) is 255 cm³/mol. The third kappa shape index (κ3) is 41.8.